The van der Waals surface area contributed by atoms with Crippen LogP contribution in [0.3, 0.4) is 0 Å². The third-order valence-corrected chi connectivity index (χ3v) is 2.41. The molecule has 0 aromatic heterocycles. The molecule has 0 saturated heterocycles. The second kappa shape index (κ2) is 6.51. The van der Waals surface area contributed by atoms with Gasteiger partial charge in [-0.2, -0.15) is 0 Å². The van der Waals surface area contributed by atoms with E-state index in [9.17, 15) is 5.11 Å². The Morgan fingerprint density at radius 2 is 2.12 bits per heavy atom. The van der Waals surface area contributed by atoms with Gasteiger partial charge in [-0.15, -0.1) is 0 Å². The largest absolute Gasteiger partial charge is 0.493 e. The van der Waals surface area contributed by atoms with Gasteiger partial charge in [-0.05, 0) is 32.5 Å². The SMILES string of the molecule is CCNCC(O)c1cc(C)ccc1OCC. The summed E-state index contributed by atoms with van der Waals surface area (Å²) in [4.78, 5) is 0. The normalized spacial score (nSPS) is 12.5. The van der Waals surface area contributed by atoms with Crippen molar-refractivity contribution >= 4 is 0 Å². The molecule has 0 heterocycles. The number of hydrogen-bond acceptors (Lipinski definition) is 3. The number of benzene rings is 1. The average Bonchev–Trinajstić information content (AvgIpc) is 2.28. The quantitative estimate of drug-likeness (QED) is 0.775. The lowest BCUT2D eigenvalue weighted by molar-refractivity contribution is 0.169. The number of likely N-dealkylation sites (N-methyl/N-ethyl adjacent to an activating group) is 1. The van der Waals surface area contributed by atoms with Crippen molar-refractivity contribution in [1.29, 1.82) is 0 Å². The highest BCUT2D eigenvalue weighted by Crippen LogP contribution is 2.26. The third kappa shape index (κ3) is 3.51. The van der Waals surface area contributed by atoms with Gasteiger partial charge in [0.2, 0.25) is 0 Å². The standard InChI is InChI=1S/C13H21NO2/c1-4-14-9-12(15)11-8-10(3)6-7-13(11)16-5-2/h6-8,12,14-15H,4-5,9H2,1-3H3. The molecule has 1 aromatic carbocycles. The molecule has 3 nitrogen and oxygen atoms in total. The molecule has 3 heteroatoms. The molecule has 0 aliphatic heterocycles. The van der Waals surface area contributed by atoms with E-state index in [2.05, 4.69) is 5.32 Å². The highest BCUT2D eigenvalue weighted by atomic mass is 16.5. The summed E-state index contributed by atoms with van der Waals surface area (Å²) in [5.41, 5.74) is 2.00. The van der Waals surface area contributed by atoms with E-state index < -0.39 is 6.10 Å². The average molecular weight is 223 g/mol. The zero-order chi connectivity index (χ0) is 12.0. The predicted molar refractivity (Wildman–Crippen MR) is 65.9 cm³/mol. The maximum absolute atomic E-state index is 10.0. The fraction of sp³-hybridized carbons (Fsp3) is 0.538. The van der Waals surface area contributed by atoms with E-state index in [1.54, 1.807) is 0 Å². The topological polar surface area (TPSA) is 41.5 Å². The molecule has 0 radical (unpaired) electrons. The Bertz CT molecular complexity index is 326. The fourth-order valence-corrected chi connectivity index (χ4v) is 1.61. The van der Waals surface area contributed by atoms with Gasteiger partial charge in [0.15, 0.2) is 0 Å². The summed E-state index contributed by atoms with van der Waals surface area (Å²) in [7, 11) is 0. The van der Waals surface area contributed by atoms with Crippen molar-refractivity contribution in [3.8, 4) is 5.75 Å². The zero-order valence-corrected chi connectivity index (χ0v) is 10.3. The lowest BCUT2D eigenvalue weighted by atomic mass is 10.1. The molecule has 0 aliphatic rings. The van der Waals surface area contributed by atoms with Crippen molar-refractivity contribution in [2.75, 3.05) is 19.7 Å². The predicted octanol–water partition coefficient (Wildman–Crippen LogP) is 2.04. The minimum absolute atomic E-state index is 0.513. The fourth-order valence-electron chi connectivity index (χ4n) is 1.61. The lowest BCUT2D eigenvalue weighted by Gasteiger charge is -2.16. The van der Waals surface area contributed by atoms with E-state index in [-0.39, 0.29) is 0 Å². The van der Waals surface area contributed by atoms with Crippen LogP contribution in [0.2, 0.25) is 0 Å². The van der Waals surface area contributed by atoms with E-state index in [1.807, 2.05) is 39.0 Å². The number of aryl methyl sites for hydroxylation is 1. The maximum Gasteiger partial charge on any atom is 0.125 e. The van der Waals surface area contributed by atoms with E-state index in [1.165, 1.54) is 0 Å². The van der Waals surface area contributed by atoms with Gasteiger partial charge < -0.3 is 15.2 Å². The number of ether oxygens (including phenoxy) is 1. The molecule has 0 bridgehead atoms. The summed E-state index contributed by atoms with van der Waals surface area (Å²) in [5.74, 6) is 0.776. The van der Waals surface area contributed by atoms with Crippen LogP contribution >= 0.6 is 0 Å². The van der Waals surface area contributed by atoms with Gasteiger partial charge in [-0.1, -0.05) is 18.6 Å². The second-order valence-corrected chi connectivity index (χ2v) is 3.80. The summed E-state index contributed by atoms with van der Waals surface area (Å²) in [6.07, 6.45) is -0.513. The molecule has 1 atom stereocenters. The molecule has 1 aromatic rings. The summed E-state index contributed by atoms with van der Waals surface area (Å²) in [5, 5.41) is 13.2. The highest BCUT2D eigenvalue weighted by Gasteiger charge is 2.12. The molecular formula is C13H21NO2. The first-order chi connectivity index (χ1) is 7.69. The van der Waals surface area contributed by atoms with Crippen LogP contribution in [0.25, 0.3) is 0 Å². The van der Waals surface area contributed by atoms with E-state index in [0.717, 1.165) is 23.4 Å². The summed E-state index contributed by atoms with van der Waals surface area (Å²) >= 11 is 0. The van der Waals surface area contributed by atoms with E-state index >= 15 is 0 Å². The van der Waals surface area contributed by atoms with Crippen LogP contribution in [-0.2, 0) is 0 Å². The van der Waals surface area contributed by atoms with Crippen LogP contribution < -0.4 is 10.1 Å². The molecule has 0 aliphatic carbocycles. The minimum atomic E-state index is -0.513. The molecule has 1 unspecified atom stereocenters. The molecule has 0 spiro atoms. The Labute approximate surface area is 97.4 Å². The van der Waals surface area contributed by atoms with Gasteiger partial charge in [0.05, 0.1) is 12.7 Å². The van der Waals surface area contributed by atoms with E-state index in [4.69, 9.17) is 4.74 Å². The van der Waals surface area contributed by atoms with Crippen molar-refractivity contribution in [2.24, 2.45) is 0 Å². The summed E-state index contributed by atoms with van der Waals surface area (Å²) in [6.45, 7) is 8.00. The second-order valence-electron chi connectivity index (χ2n) is 3.80. The lowest BCUT2D eigenvalue weighted by Crippen LogP contribution is -2.21. The van der Waals surface area contributed by atoms with Gasteiger partial charge in [0.1, 0.15) is 5.75 Å². The Balaban J connectivity index is 2.85. The van der Waals surface area contributed by atoms with Crippen LogP contribution in [0.1, 0.15) is 31.1 Å². The molecule has 16 heavy (non-hydrogen) atoms. The first kappa shape index (κ1) is 13.0. The summed E-state index contributed by atoms with van der Waals surface area (Å²) in [6, 6.07) is 5.89. The molecule has 90 valence electrons. The Kier molecular flexibility index (Phi) is 5.29. The van der Waals surface area contributed by atoms with Crippen LogP contribution in [-0.4, -0.2) is 24.8 Å². The zero-order valence-electron chi connectivity index (χ0n) is 10.3. The van der Waals surface area contributed by atoms with Crippen LogP contribution in [0.5, 0.6) is 5.75 Å². The van der Waals surface area contributed by atoms with Gasteiger partial charge >= 0.3 is 0 Å². The maximum atomic E-state index is 10.0. The van der Waals surface area contributed by atoms with Crippen LogP contribution in [0, 0.1) is 6.92 Å². The van der Waals surface area contributed by atoms with Crippen molar-refractivity contribution in [3.63, 3.8) is 0 Å². The van der Waals surface area contributed by atoms with Crippen LogP contribution in [0.4, 0.5) is 0 Å². The monoisotopic (exact) mass is 223 g/mol. The number of rotatable bonds is 6. The molecule has 0 fully saturated rings. The summed E-state index contributed by atoms with van der Waals surface area (Å²) < 4.78 is 5.51. The Morgan fingerprint density at radius 1 is 1.38 bits per heavy atom. The number of nitrogens with one attached hydrogen (secondary N) is 1. The van der Waals surface area contributed by atoms with Crippen LogP contribution in [0.15, 0.2) is 18.2 Å². The molecule has 2 N–H and O–H groups in total. The highest BCUT2D eigenvalue weighted by molar-refractivity contribution is 5.38. The Morgan fingerprint density at radius 3 is 2.75 bits per heavy atom. The number of hydrogen-bond donors (Lipinski definition) is 2. The molecule has 1 rings (SSSR count). The van der Waals surface area contributed by atoms with Gasteiger partial charge in [0, 0.05) is 12.1 Å². The van der Waals surface area contributed by atoms with Crippen molar-refractivity contribution in [2.45, 2.75) is 26.9 Å². The smallest absolute Gasteiger partial charge is 0.125 e. The molecular weight excluding hydrogens is 202 g/mol. The first-order valence-electron chi connectivity index (χ1n) is 5.81. The number of aliphatic hydroxyl groups excluding tert-OH is 1. The van der Waals surface area contributed by atoms with Crippen molar-refractivity contribution in [3.05, 3.63) is 29.3 Å². The number of aliphatic hydroxyl groups is 1. The van der Waals surface area contributed by atoms with Gasteiger partial charge in [-0.25, -0.2) is 0 Å². The minimum Gasteiger partial charge on any atom is -0.493 e. The first-order valence-corrected chi connectivity index (χ1v) is 5.81. The van der Waals surface area contributed by atoms with E-state index in [0.29, 0.717) is 13.2 Å². The van der Waals surface area contributed by atoms with Gasteiger partial charge in [0.25, 0.3) is 0 Å². The Hall–Kier alpha value is -1.06. The van der Waals surface area contributed by atoms with Crippen molar-refractivity contribution in [1.82, 2.24) is 5.32 Å². The van der Waals surface area contributed by atoms with Gasteiger partial charge in [-0.3, -0.25) is 0 Å². The molecule has 0 saturated carbocycles. The third-order valence-electron chi connectivity index (χ3n) is 2.41. The molecule has 0 amide bonds. The van der Waals surface area contributed by atoms with Crippen molar-refractivity contribution < 1.29 is 9.84 Å².